The Bertz CT molecular complexity index is 463. The smallest absolute Gasteiger partial charge is 0.166 e. The number of aliphatic hydroxyl groups excluding tert-OH is 2. The second-order valence-corrected chi connectivity index (χ2v) is 11.7. The monoisotopic (exact) mass is 529 g/mol. The summed E-state index contributed by atoms with van der Waals surface area (Å²) >= 11 is 0. The van der Waals surface area contributed by atoms with Gasteiger partial charge in [0.25, 0.3) is 0 Å². The molecule has 0 aliphatic heterocycles. The largest absolute Gasteiger partial charge is 0.394 e. The molecule has 37 heavy (non-hydrogen) atoms. The van der Waals surface area contributed by atoms with Crippen LogP contribution >= 0.6 is 0 Å². The van der Waals surface area contributed by atoms with Gasteiger partial charge in [0.1, 0.15) is 0 Å². The van der Waals surface area contributed by atoms with Crippen molar-refractivity contribution in [3.8, 4) is 0 Å². The van der Waals surface area contributed by atoms with Crippen molar-refractivity contribution in [3.63, 3.8) is 0 Å². The Morgan fingerprint density at radius 3 is 1.49 bits per heavy atom. The third kappa shape index (κ3) is 19.5. The van der Waals surface area contributed by atoms with Crippen LogP contribution in [0.1, 0.15) is 169 Å². The maximum atomic E-state index is 10.8. The normalized spacial score (nSPS) is 15.2. The van der Waals surface area contributed by atoms with Gasteiger partial charge in [-0.3, -0.25) is 0 Å². The molecular formula is C32H68N2O3. The highest BCUT2D eigenvalue weighted by atomic mass is 16.5. The van der Waals surface area contributed by atoms with Gasteiger partial charge in [0.2, 0.25) is 0 Å². The van der Waals surface area contributed by atoms with Crippen LogP contribution in [0.3, 0.4) is 0 Å². The van der Waals surface area contributed by atoms with Gasteiger partial charge in [-0.1, -0.05) is 143 Å². The molecule has 3 atom stereocenters. The number of hydrogen-bond acceptors (Lipinski definition) is 5. The van der Waals surface area contributed by atoms with E-state index in [4.69, 9.17) is 0 Å². The van der Waals surface area contributed by atoms with Gasteiger partial charge in [-0.15, -0.1) is 0 Å². The molecule has 0 saturated carbocycles. The van der Waals surface area contributed by atoms with Crippen molar-refractivity contribution < 1.29 is 15.3 Å². The zero-order valence-corrected chi connectivity index (χ0v) is 25.5. The van der Waals surface area contributed by atoms with E-state index in [1.54, 1.807) is 0 Å². The Kier molecular flexibility index (Phi) is 25.9. The molecule has 5 heteroatoms. The standard InChI is InChI=1S/C32H68N2O3/c1-5-8-11-14-16-17-18-19-21-24-27-33-32(28-35,26-23-13-10-7-3)30(34-29(4)31(36)37)25-22-20-15-12-9-6-2/h29-31,33-37H,5-28H2,1-4H3. The molecule has 0 heterocycles. The topological polar surface area (TPSA) is 84.8 Å². The Morgan fingerprint density at radius 1 is 0.595 bits per heavy atom. The highest BCUT2D eigenvalue weighted by Crippen LogP contribution is 2.25. The van der Waals surface area contributed by atoms with E-state index >= 15 is 0 Å². The van der Waals surface area contributed by atoms with Crippen LogP contribution in [-0.4, -0.2) is 52.4 Å². The van der Waals surface area contributed by atoms with Crippen LogP contribution in [0.25, 0.3) is 0 Å². The van der Waals surface area contributed by atoms with Crippen LogP contribution in [-0.2, 0) is 0 Å². The van der Waals surface area contributed by atoms with Crippen molar-refractivity contribution in [2.75, 3.05) is 13.2 Å². The van der Waals surface area contributed by atoms with E-state index in [-0.39, 0.29) is 12.6 Å². The number of rotatable bonds is 29. The first kappa shape index (κ1) is 36.8. The van der Waals surface area contributed by atoms with Crippen molar-refractivity contribution in [2.45, 2.75) is 193 Å². The van der Waals surface area contributed by atoms with E-state index in [1.807, 2.05) is 6.92 Å². The van der Waals surface area contributed by atoms with Crippen LogP contribution < -0.4 is 10.6 Å². The molecule has 0 aromatic carbocycles. The van der Waals surface area contributed by atoms with Crippen LogP contribution in [0.5, 0.6) is 0 Å². The lowest BCUT2D eigenvalue weighted by atomic mass is 9.81. The molecule has 0 spiro atoms. The molecule has 0 bridgehead atoms. The quantitative estimate of drug-likeness (QED) is 0.0510. The number of hydrogen-bond donors (Lipinski definition) is 5. The van der Waals surface area contributed by atoms with E-state index in [0.29, 0.717) is 0 Å². The van der Waals surface area contributed by atoms with Crippen molar-refractivity contribution in [3.05, 3.63) is 0 Å². The maximum absolute atomic E-state index is 10.8. The molecule has 0 aromatic rings. The zero-order chi connectivity index (χ0) is 27.6. The van der Waals surface area contributed by atoms with Crippen molar-refractivity contribution in [1.29, 1.82) is 0 Å². The Hall–Kier alpha value is -0.200. The summed E-state index contributed by atoms with van der Waals surface area (Å²) in [4.78, 5) is 0. The molecule has 0 saturated heterocycles. The molecule has 5 N–H and O–H groups in total. The summed E-state index contributed by atoms with van der Waals surface area (Å²) in [5, 5.41) is 37.7. The second-order valence-electron chi connectivity index (χ2n) is 11.7. The minimum Gasteiger partial charge on any atom is -0.394 e. The number of unbranched alkanes of at least 4 members (excludes halogenated alkanes) is 17. The van der Waals surface area contributed by atoms with Crippen molar-refractivity contribution in [2.24, 2.45) is 0 Å². The minimum atomic E-state index is -1.40. The van der Waals surface area contributed by atoms with E-state index in [0.717, 1.165) is 38.6 Å². The van der Waals surface area contributed by atoms with Crippen LogP contribution in [0, 0.1) is 0 Å². The fraction of sp³-hybridized carbons (Fsp3) is 1.00. The fourth-order valence-corrected chi connectivity index (χ4v) is 5.50. The molecule has 0 fully saturated rings. The first-order valence-electron chi connectivity index (χ1n) is 16.4. The number of aliphatic hydroxyl groups is 3. The third-order valence-electron chi connectivity index (χ3n) is 8.19. The zero-order valence-electron chi connectivity index (χ0n) is 25.5. The van der Waals surface area contributed by atoms with Gasteiger partial charge in [-0.25, -0.2) is 0 Å². The summed E-state index contributed by atoms with van der Waals surface area (Å²) < 4.78 is 0. The average Bonchev–Trinajstić information content (AvgIpc) is 2.89. The van der Waals surface area contributed by atoms with E-state index < -0.39 is 17.9 Å². The van der Waals surface area contributed by atoms with Gasteiger partial charge in [0.05, 0.1) is 18.2 Å². The summed E-state index contributed by atoms with van der Waals surface area (Å²) in [5.41, 5.74) is -0.417. The predicted molar refractivity (Wildman–Crippen MR) is 161 cm³/mol. The lowest BCUT2D eigenvalue weighted by Crippen LogP contribution is -2.64. The summed E-state index contributed by atoms with van der Waals surface area (Å²) in [6.45, 7) is 9.58. The highest BCUT2D eigenvalue weighted by molar-refractivity contribution is 4.99. The Morgan fingerprint density at radius 2 is 1.03 bits per heavy atom. The molecule has 0 aliphatic rings. The summed E-state index contributed by atoms with van der Waals surface area (Å²) in [7, 11) is 0. The number of nitrogens with one attached hydrogen (secondary N) is 2. The first-order chi connectivity index (χ1) is 18.0. The van der Waals surface area contributed by atoms with Crippen LogP contribution in [0.4, 0.5) is 0 Å². The lowest BCUT2D eigenvalue weighted by molar-refractivity contribution is -0.0690. The van der Waals surface area contributed by atoms with Gasteiger partial charge >= 0.3 is 0 Å². The van der Waals surface area contributed by atoms with Gasteiger partial charge < -0.3 is 26.0 Å². The van der Waals surface area contributed by atoms with Crippen molar-refractivity contribution in [1.82, 2.24) is 10.6 Å². The van der Waals surface area contributed by atoms with E-state index in [2.05, 4.69) is 31.4 Å². The highest BCUT2D eigenvalue weighted by Gasteiger charge is 2.38. The Labute approximate surface area is 232 Å². The molecule has 0 amide bonds. The molecule has 0 rings (SSSR count). The summed E-state index contributed by atoms with van der Waals surface area (Å²) in [6.07, 6.45) is 25.8. The van der Waals surface area contributed by atoms with Gasteiger partial charge in [-0.05, 0) is 32.7 Å². The molecule has 224 valence electrons. The van der Waals surface area contributed by atoms with E-state index in [9.17, 15) is 15.3 Å². The van der Waals surface area contributed by atoms with Gasteiger partial charge in [0.15, 0.2) is 6.29 Å². The molecule has 3 unspecified atom stereocenters. The Balaban J connectivity index is 4.94. The predicted octanol–water partition coefficient (Wildman–Crippen LogP) is 7.61. The molecular weight excluding hydrogens is 460 g/mol. The molecule has 5 nitrogen and oxygen atoms in total. The summed E-state index contributed by atoms with van der Waals surface area (Å²) in [5.74, 6) is 0. The molecule has 0 aromatic heterocycles. The van der Waals surface area contributed by atoms with Crippen LogP contribution in [0.15, 0.2) is 0 Å². The van der Waals surface area contributed by atoms with Crippen LogP contribution in [0.2, 0.25) is 0 Å². The lowest BCUT2D eigenvalue weighted by Gasteiger charge is -2.43. The van der Waals surface area contributed by atoms with Gasteiger partial charge in [-0.2, -0.15) is 0 Å². The van der Waals surface area contributed by atoms with Crippen molar-refractivity contribution >= 4 is 0 Å². The molecule has 0 radical (unpaired) electrons. The maximum Gasteiger partial charge on any atom is 0.166 e. The average molecular weight is 529 g/mol. The van der Waals surface area contributed by atoms with E-state index in [1.165, 1.54) is 109 Å². The SMILES string of the molecule is CCCCCCCCCCCCNC(CO)(CCCCCC)C(CCCCCCCC)NC(C)C(O)O. The summed E-state index contributed by atoms with van der Waals surface area (Å²) in [6, 6.07) is -0.406. The fourth-order valence-electron chi connectivity index (χ4n) is 5.50. The second kappa shape index (κ2) is 26.0. The minimum absolute atomic E-state index is 0.0187. The third-order valence-corrected chi connectivity index (χ3v) is 8.19. The molecule has 0 aliphatic carbocycles. The van der Waals surface area contributed by atoms with Gasteiger partial charge in [0, 0.05) is 6.04 Å². The first-order valence-corrected chi connectivity index (χ1v) is 16.4.